The van der Waals surface area contributed by atoms with Crippen LogP contribution in [-0.4, -0.2) is 29.0 Å². The third-order valence-corrected chi connectivity index (χ3v) is 8.71. The summed E-state index contributed by atoms with van der Waals surface area (Å²) in [6.07, 6.45) is 2.24. The molecule has 0 saturated carbocycles. The number of amides is 1. The van der Waals surface area contributed by atoms with Crippen LogP contribution in [0.3, 0.4) is 0 Å². The van der Waals surface area contributed by atoms with Crippen LogP contribution in [0, 0.1) is 11.3 Å². The van der Waals surface area contributed by atoms with Gasteiger partial charge in [0.25, 0.3) is 5.56 Å². The third kappa shape index (κ3) is 5.76. The number of primary amides is 1. The van der Waals surface area contributed by atoms with Crippen molar-refractivity contribution >= 4 is 15.7 Å². The molecule has 0 spiro atoms. The van der Waals surface area contributed by atoms with Gasteiger partial charge in [0.1, 0.15) is 5.82 Å². The molecule has 0 aliphatic rings. The van der Waals surface area contributed by atoms with Gasteiger partial charge in [-0.05, 0) is 59.9 Å². The lowest BCUT2D eigenvalue weighted by atomic mass is 9.99. The van der Waals surface area contributed by atoms with Gasteiger partial charge in [0, 0.05) is 12.0 Å². The van der Waals surface area contributed by atoms with Crippen LogP contribution in [0.5, 0.6) is 5.88 Å². The minimum Gasteiger partial charge on any atom is -0.493 e. The molecule has 0 radical (unpaired) electrons. The van der Waals surface area contributed by atoms with Crippen molar-refractivity contribution < 1.29 is 18.3 Å². The van der Waals surface area contributed by atoms with Crippen molar-refractivity contribution in [2.24, 2.45) is 5.73 Å². The van der Waals surface area contributed by atoms with Crippen molar-refractivity contribution in [3.05, 3.63) is 106 Å². The van der Waals surface area contributed by atoms with Crippen LogP contribution in [-0.2, 0) is 16.3 Å². The minimum absolute atomic E-state index is 0.223. The maximum Gasteiger partial charge on any atom is 0.296 e. The highest BCUT2D eigenvalue weighted by molar-refractivity contribution is 7.91. The molecule has 1 aromatic heterocycles. The molecule has 3 aromatic carbocycles. The summed E-state index contributed by atoms with van der Waals surface area (Å²) < 4.78 is 29.0. The van der Waals surface area contributed by atoms with Crippen molar-refractivity contribution in [1.82, 2.24) is 9.55 Å². The first-order valence-electron chi connectivity index (χ1n) is 13.2. The van der Waals surface area contributed by atoms with Gasteiger partial charge in [-0.25, -0.2) is 8.42 Å². The fraction of sp³-hybridized carbons (Fsp3) is 0.226. The zero-order valence-corrected chi connectivity index (χ0v) is 23.6. The molecular formula is C31H30N4O5S. The van der Waals surface area contributed by atoms with E-state index in [1.54, 1.807) is 48.5 Å². The summed E-state index contributed by atoms with van der Waals surface area (Å²) in [6.45, 7) is 3.84. The Labute approximate surface area is 238 Å². The van der Waals surface area contributed by atoms with Gasteiger partial charge in [-0.1, -0.05) is 62.7 Å². The summed E-state index contributed by atoms with van der Waals surface area (Å²) in [7, 11) is -4.51. The molecule has 0 unspecified atom stereocenters. The van der Waals surface area contributed by atoms with Crippen LogP contribution in [0.25, 0.3) is 11.1 Å². The summed E-state index contributed by atoms with van der Waals surface area (Å²) >= 11 is 0. The number of sulfone groups is 1. The van der Waals surface area contributed by atoms with Gasteiger partial charge in [-0.3, -0.25) is 14.2 Å². The fourth-order valence-electron chi connectivity index (χ4n) is 4.89. The molecule has 4 aromatic rings. The number of carbonyl (C=O) groups is 1. The lowest BCUT2D eigenvalue weighted by molar-refractivity contribution is 0.100. The molecule has 10 heteroatoms. The van der Waals surface area contributed by atoms with Gasteiger partial charge in [-0.2, -0.15) is 10.2 Å². The van der Waals surface area contributed by atoms with Gasteiger partial charge in [0.05, 0.1) is 22.6 Å². The predicted octanol–water partition coefficient (Wildman–Crippen LogP) is 4.76. The van der Waals surface area contributed by atoms with Crippen LogP contribution in [0.15, 0.2) is 87.4 Å². The zero-order valence-electron chi connectivity index (χ0n) is 22.7. The molecule has 0 saturated heterocycles. The van der Waals surface area contributed by atoms with Crippen molar-refractivity contribution in [1.29, 1.82) is 5.26 Å². The van der Waals surface area contributed by atoms with Crippen LogP contribution >= 0.6 is 0 Å². The Morgan fingerprint density at radius 1 is 1.07 bits per heavy atom. The molecule has 1 amide bonds. The molecule has 0 aliphatic heterocycles. The van der Waals surface area contributed by atoms with Gasteiger partial charge >= 0.3 is 0 Å². The number of aromatic nitrogens is 2. The van der Waals surface area contributed by atoms with E-state index in [0.717, 1.165) is 6.42 Å². The number of nitrogens with zero attached hydrogens (tertiary/aromatic N) is 3. The summed E-state index contributed by atoms with van der Waals surface area (Å²) in [5.74, 6) is -1.06. The summed E-state index contributed by atoms with van der Waals surface area (Å²) in [4.78, 5) is 28.2. The minimum atomic E-state index is -4.51. The summed E-state index contributed by atoms with van der Waals surface area (Å²) in [6, 6.07) is 20.7. The Kier molecular flexibility index (Phi) is 8.69. The average Bonchev–Trinajstić information content (AvgIpc) is 2.97. The van der Waals surface area contributed by atoms with E-state index in [-0.39, 0.29) is 16.3 Å². The first-order valence-corrected chi connectivity index (χ1v) is 14.7. The molecule has 9 nitrogen and oxygen atoms in total. The van der Waals surface area contributed by atoms with E-state index in [4.69, 9.17) is 5.73 Å². The largest absolute Gasteiger partial charge is 0.493 e. The van der Waals surface area contributed by atoms with Gasteiger partial charge in [0.2, 0.25) is 21.6 Å². The second-order valence-electron chi connectivity index (χ2n) is 9.56. The lowest BCUT2D eigenvalue weighted by Crippen LogP contribution is -2.27. The predicted molar refractivity (Wildman–Crippen MR) is 154 cm³/mol. The monoisotopic (exact) mass is 570 g/mol. The molecule has 210 valence electrons. The first-order chi connectivity index (χ1) is 19.6. The summed E-state index contributed by atoms with van der Waals surface area (Å²) in [5.41, 5.74) is 6.89. The number of hydrogen-bond acceptors (Lipinski definition) is 7. The molecular weight excluding hydrogens is 540 g/mol. The normalized spacial score (nSPS) is 12.0. The fourth-order valence-corrected chi connectivity index (χ4v) is 6.23. The van der Waals surface area contributed by atoms with Crippen LogP contribution in [0.2, 0.25) is 0 Å². The quantitative estimate of drug-likeness (QED) is 0.278. The lowest BCUT2D eigenvalue weighted by Gasteiger charge is -2.25. The SMILES string of the molecule is CCCCc1nc(=O)c(S(=O)(=O)c2ccc(-c3ccccc3C(N)=O)cc2)c(O)n1[C@@H](CC)c1cccc(C#N)c1. The van der Waals surface area contributed by atoms with E-state index >= 15 is 0 Å². The van der Waals surface area contributed by atoms with Crippen molar-refractivity contribution in [2.45, 2.75) is 55.4 Å². The second kappa shape index (κ2) is 12.2. The van der Waals surface area contributed by atoms with Gasteiger partial charge < -0.3 is 10.8 Å². The van der Waals surface area contributed by atoms with Crippen molar-refractivity contribution in [3.63, 3.8) is 0 Å². The van der Waals surface area contributed by atoms with E-state index in [2.05, 4.69) is 11.1 Å². The number of nitrogens with two attached hydrogens (primary N) is 1. The Morgan fingerprint density at radius 2 is 1.78 bits per heavy atom. The highest BCUT2D eigenvalue weighted by Gasteiger charge is 2.32. The molecule has 41 heavy (non-hydrogen) atoms. The molecule has 0 bridgehead atoms. The smallest absolute Gasteiger partial charge is 0.296 e. The van der Waals surface area contributed by atoms with Crippen molar-refractivity contribution in [3.8, 4) is 23.1 Å². The number of rotatable bonds is 10. The third-order valence-electron chi connectivity index (χ3n) is 6.92. The molecule has 1 atom stereocenters. The number of hydrogen-bond donors (Lipinski definition) is 2. The topological polar surface area (TPSA) is 156 Å². The molecule has 0 fully saturated rings. The van der Waals surface area contributed by atoms with E-state index in [9.17, 15) is 28.4 Å². The second-order valence-corrected chi connectivity index (χ2v) is 11.4. The average molecular weight is 571 g/mol. The van der Waals surface area contributed by atoms with Crippen molar-refractivity contribution in [2.75, 3.05) is 0 Å². The number of unbranched alkanes of at least 4 members (excludes halogenated alkanes) is 1. The Morgan fingerprint density at radius 3 is 2.41 bits per heavy atom. The number of benzene rings is 3. The summed E-state index contributed by atoms with van der Waals surface area (Å²) in [5, 5.41) is 20.9. The maximum absolute atomic E-state index is 13.8. The van der Waals surface area contributed by atoms with Crippen LogP contribution in [0.1, 0.15) is 66.5 Å². The first kappa shape index (κ1) is 29.2. The Bertz CT molecular complexity index is 1810. The molecule has 1 heterocycles. The molecule has 0 aliphatic carbocycles. The standard InChI is InChI=1S/C31H30N4O5S/c1-3-5-13-27-34-30(37)28(31(38)35(27)26(4-2)22-10-8-9-20(18-22)19-32)41(39,40)23-16-14-21(15-17-23)24-11-6-7-12-25(24)29(33)36/h6-12,14-18,26,38H,3-5,13H2,1-2H3,(H2,33,36)/t26-/m0/s1. The molecule has 3 N–H and O–H groups in total. The van der Waals surface area contributed by atoms with E-state index in [0.29, 0.717) is 41.5 Å². The Hall–Kier alpha value is -4.75. The number of aromatic hydroxyl groups is 1. The van der Waals surface area contributed by atoms with Crippen LogP contribution in [0.4, 0.5) is 0 Å². The maximum atomic E-state index is 13.8. The zero-order chi connectivity index (χ0) is 29.7. The molecule has 4 rings (SSSR count). The van der Waals surface area contributed by atoms with E-state index in [1.807, 2.05) is 13.8 Å². The van der Waals surface area contributed by atoms with Gasteiger partial charge in [-0.15, -0.1) is 0 Å². The Balaban J connectivity index is 1.87. The number of nitriles is 1. The highest BCUT2D eigenvalue weighted by Crippen LogP contribution is 2.34. The van der Waals surface area contributed by atoms with Crippen LogP contribution < -0.4 is 11.3 Å². The highest BCUT2D eigenvalue weighted by atomic mass is 32.2. The number of aryl methyl sites for hydroxylation is 1. The number of carbonyl (C=O) groups excluding carboxylic acids is 1. The van der Waals surface area contributed by atoms with E-state index < -0.39 is 38.1 Å². The van der Waals surface area contributed by atoms with E-state index in [1.165, 1.54) is 28.8 Å². The van der Waals surface area contributed by atoms with Gasteiger partial charge in [0.15, 0.2) is 4.90 Å².